The van der Waals surface area contributed by atoms with E-state index < -0.39 is 0 Å². The van der Waals surface area contributed by atoms with Gasteiger partial charge in [-0.15, -0.1) is 0 Å². The highest BCUT2D eigenvalue weighted by atomic mass is 16.5. The van der Waals surface area contributed by atoms with Gasteiger partial charge in [0.1, 0.15) is 0 Å². The summed E-state index contributed by atoms with van der Waals surface area (Å²) in [7, 11) is 1.71. The molecule has 0 N–H and O–H groups in total. The summed E-state index contributed by atoms with van der Waals surface area (Å²) >= 11 is 0. The average Bonchev–Trinajstić information content (AvgIpc) is 2.72. The van der Waals surface area contributed by atoms with Crippen LogP contribution >= 0.6 is 0 Å². The second kappa shape index (κ2) is 6.59. The van der Waals surface area contributed by atoms with Gasteiger partial charge in [-0.3, -0.25) is 9.59 Å². The minimum Gasteiger partial charge on any atom is -0.466 e. The van der Waals surface area contributed by atoms with E-state index >= 15 is 0 Å². The first kappa shape index (κ1) is 14.0. The van der Waals surface area contributed by atoms with Crippen LogP contribution in [0.1, 0.15) is 26.7 Å². The molecule has 1 saturated heterocycles. The Morgan fingerprint density at radius 2 is 2.18 bits per heavy atom. The van der Waals surface area contributed by atoms with Gasteiger partial charge in [-0.2, -0.15) is 0 Å². The van der Waals surface area contributed by atoms with E-state index in [-0.39, 0.29) is 30.3 Å². The van der Waals surface area contributed by atoms with Crippen molar-refractivity contribution in [3.8, 4) is 0 Å². The number of carbonyl (C=O) groups excluding carboxylic acids is 2. The first-order chi connectivity index (χ1) is 8.04. The Hall–Kier alpha value is -1.10. The first-order valence-electron chi connectivity index (χ1n) is 6.06. The molecule has 1 amide bonds. The summed E-state index contributed by atoms with van der Waals surface area (Å²) < 4.78 is 10.2. The normalized spacial score (nSPS) is 23.5. The minimum absolute atomic E-state index is 0.0543. The van der Waals surface area contributed by atoms with Gasteiger partial charge in [-0.1, -0.05) is 0 Å². The molecule has 98 valence electrons. The van der Waals surface area contributed by atoms with E-state index in [1.807, 2.05) is 6.92 Å². The summed E-state index contributed by atoms with van der Waals surface area (Å²) in [6.45, 7) is 5.01. The van der Waals surface area contributed by atoms with Crippen LogP contribution in [-0.2, 0) is 19.1 Å². The smallest absolute Gasteiger partial charge is 0.307 e. The Bertz CT molecular complexity index is 280. The van der Waals surface area contributed by atoms with Crippen LogP contribution in [0.3, 0.4) is 0 Å². The highest BCUT2D eigenvalue weighted by Gasteiger charge is 2.30. The zero-order valence-electron chi connectivity index (χ0n) is 10.8. The number of hydrogen-bond donors (Lipinski definition) is 0. The average molecular weight is 243 g/mol. The number of nitrogens with zero attached hydrogens (tertiary/aromatic N) is 1. The van der Waals surface area contributed by atoms with Gasteiger partial charge < -0.3 is 14.4 Å². The van der Waals surface area contributed by atoms with E-state index in [0.29, 0.717) is 19.8 Å². The molecule has 0 saturated carbocycles. The molecule has 1 heterocycles. The number of ether oxygens (including phenoxy) is 2. The number of carbonyl (C=O) groups is 2. The highest BCUT2D eigenvalue weighted by Crippen LogP contribution is 2.20. The second-order valence-electron chi connectivity index (χ2n) is 4.39. The maximum absolute atomic E-state index is 12.0. The Labute approximate surface area is 102 Å². The highest BCUT2D eigenvalue weighted by molar-refractivity contribution is 5.79. The van der Waals surface area contributed by atoms with Gasteiger partial charge >= 0.3 is 5.97 Å². The summed E-state index contributed by atoms with van der Waals surface area (Å²) in [5.74, 6) is -0.265. The minimum atomic E-state index is -0.261. The molecule has 17 heavy (non-hydrogen) atoms. The molecule has 0 aliphatic carbocycles. The summed E-state index contributed by atoms with van der Waals surface area (Å²) in [5, 5.41) is 0. The van der Waals surface area contributed by atoms with Crippen molar-refractivity contribution in [1.29, 1.82) is 0 Å². The van der Waals surface area contributed by atoms with E-state index in [9.17, 15) is 9.59 Å². The third kappa shape index (κ3) is 4.34. The second-order valence-corrected chi connectivity index (χ2v) is 4.39. The molecule has 5 heteroatoms. The third-order valence-corrected chi connectivity index (χ3v) is 2.88. The lowest BCUT2D eigenvalue weighted by Crippen LogP contribution is -2.35. The van der Waals surface area contributed by atoms with Gasteiger partial charge in [0.2, 0.25) is 5.91 Å². The lowest BCUT2D eigenvalue weighted by molar-refractivity contribution is -0.144. The van der Waals surface area contributed by atoms with E-state index in [1.54, 1.807) is 18.9 Å². The molecule has 0 spiro atoms. The van der Waals surface area contributed by atoms with E-state index in [4.69, 9.17) is 9.47 Å². The molecule has 0 aromatic carbocycles. The Morgan fingerprint density at radius 3 is 2.71 bits per heavy atom. The Kier molecular flexibility index (Phi) is 5.41. The number of amides is 1. The molecular weight excluding hydrogens is 222 g/mol. The fourth-order valence-electron chi connectivity index (χ4n) is 1.90. The van der Waals surface area contributed by atoms with Crippen LogP contribution in [0.15, 0.2) is 0 Å². The van der Waals surface area contributed by atoms with Gasteiger partial charge in [-0.25, -0.2) is 0 Å². The van der Waals surface area contributed by atoms with Crippen molar-refractivity contribution in [3.05, 3.63) is 0 Å². The van der Waals surface area contributed by atoms with Gasteiger partial charge in [0, 0.05) is 13.6 Å². The fourth-order valence-corrected chi connectivity index (χ4v) is 1.90. The van der Waals surface area contributed by atoms with Crippen molar-refractivity contribution in [1.82, 2.24) is 4.90 Å². The molecular formula is C12H21NO4. The third-order valence-electron chi connectivity index (χ3n) is 2.88. The predicted octanol–water partition coefficient (Wildman–Crippen LogP) is 0.823. The van der Waals surface area contributed by atoms with Crippen molar-refractivity contribution in [3.63, 3.8) is 0 Å². The van der Waals surface area contributed by atoms with Crippen LogP contribution in [0, 0.1) is 5.92 Å². The van der Waals surface area contributed by atoms with Gasteiger partial charge in [0.05, 0.1) is 31.7 Å². The van der Waals surface area contributed by atoms with Gasteiger partial charge in [0.15, 0.2) is 0 Å². The van der Waals surface area contributed by atoms with Crippen LogP contribution in [0.25, 0.3) is 0 Å². The van der Waals surface area contributed by atoms with Crippen molar-refractivity contribution in [2.24, 2.45) is 5.92 Å². The molecule has 2 unspecified atom stereocenters. The van der Waals surface area contributed by atoms with Crippen LogP contribution in [0.5, 0.6) is 0 Å². The van der Waals surface area contributed by atoms with Crippen molar-refractivity contribution >= 4 is 11.9 Å². The molecule has 1 aliphatic heterocycles. The largest absolute Gasteiger partial charge is 0.466 e. The van der Waals surface area contributed by atoms with Crippen LogP contribution in [0.2, 0.25) is 0 Å². The Morgan fingerprint density at radius 1 is 1.47 bits per heavy atom. The summed E-state index contributed by atoms with van der Waals surface area (Å²) in [4.78, 5) is 24.7. The number of rotatable bonds is 5. The molecule has 0 radical (unpaired) electrons. The SMILES string of the molecule is CCOC(=O)CCN(C)C(=O)C1COC(C)C1. The van der Waals surface area contributed by atoms with E-state index in [0.717, 1.165) is 6.42 Å². The molecule has 2 atom stereocenters. The van der Waals surface area contributed by atoms with E-state index in [1.165, 1.54) is 0 Å². The molecule has 1 rings (SSSR count). The molecule has 5 nitrogen and oxygen atoms in total. The molecule has 0 bridgehead atoms. The van der Waals surface area contributed by atoms with Gasteiger partial charge in [-0.05, 0) is 20.3 Å². The summed E-state index contributed by atoms with van der Waals surface area (Å²) in [6, 6.07) is 0. The van der Waals surface area contributed by atoms with Crippen LogP contribution < -0.4 is 0 Å². The quantitative estimate of drug-likeness (QED) is 0.671. The Balaban J connectivity index is 2.29. The van der Waals surface area contributed by atoms with Crippen LogP contribution in [-0.4, -0.2) is 49.7 Å². The zero-order chi connectivity index (χ0) is 12.8. The zero-order valence-corrected chi connectivity index (χ0v) is 10.8. The summed E-state index contributed by atoms with van der Waals surface area (Å²) in [6.07, 6.45) is 1.17. The molecule has 0 aromatic rings. The number of hydrogen-bond acceptors (Lipinski definition) is 4. The van der Waals surface area contributed by atoms with Crippen molar-refractivity contribution < 1.29 is 19.1 Å². The van der Waals surface area contributed by atoms with E-state index in [2.05, 4.69) is 0 Å². The van der Waals surface area contributed by atoms with Crippen molar-refractivity contribution in [2.45, 2.75) is 32.8 Å². The standard InChI is InChI=1S/C12H21NO4/c1-4-16-11(14)5-6-13(3)12(15)10-7-9(2)17-8-10/h9-10H,4-8H2,1-3H3. The topological polar surface area (TPSA) is 55.8 Å². The summed E-state index contributed by atoms with van der Waals surface area (Å²) in [5.41, 5.74) is 0. The van der Waals surface area contributed by atoms with Crippen LogP contribution in [0.4, 0.5) is 0 Å². The van der Waals surface area contributed by atoms with Crippen molar-refractivity contribution in [2.75, 3.05) is 26.8 Å². The lowest BCUT2D eigenvalue weighted by atomic mass is 10.1. The predicted molar refractivity (Wildman–Crippen MR) is 62.4 cm³/mol. The molecule has 1 fully saturated rings. The molecule has 1 aliphatic rings. The van der Waals surface area contributed by atoms with Gasteiger partial charge in [0.25, 0.3) is 0 Å². The lowest BCUT2D eigenvalue weighted by Gasteiger charge is -2.19. The number of esters is 1. The fraction of sp³-hybridized carbons (Fsp3) is 0.833. The molecule has 0 aromatic heterocycles. The maximum Gasteiger partial charge on any atom is 0.307 e. The monoisotopic (exact) mass is 243 g/mol. The maximum atomic E-state index is 12.0. The first-order valence-corrected chi connectivity index (χ1v) is 6.06.